The molecule has 0 saturated heterocycles. The molecule has 0 amide bonds. The molecule has 0 aliphatic heterocycles. The number of rotatable bonds is 4. The smallest absolute Gasteiger partial charge is 0.123 e. The highest BCUT2D eigenvalue weighted by Crippen LogP contribution is 2.46. The van der Waals surface area contributed by atoms with Crippen LogP contribution in [0.1, 0.15) is 38.7 Å². The molecule has 1 saturated carbocycles. The van der Waals surface area contributed by atoms with Gasteiger partial charge in [0.15, 0.2) is 0 Å². The average Bonchev–Trinajstić information content (AvgIpc) is 2.66. The predicted molar refractivity (Wildman–Crippen MR) is 77.3 cm³/mol. The molecule has 2 rings (SSSR count). The van der Waals surface area contributed by atoms with Crippen LogP contribution in [-0.4, -0.2) is 24.0 Å². The zero-order chi connectivity index (χ0) is 14.1. The Morgan fingerprint density at radius 3 is 2.58 bits per heavy atom. The number of nitrogens with two attached hydrogens (primary N) is 1. The van der Waals surface area contributed by atoms with E-state index < -0.39 is 0 Å². The minimum Gasteiger partial charge on any atom is -0.329 e. The van der Waals surface area contributed by atoms with Gasteiger partial charge in [0.2, 0.25) is 0 Å². The molecule has 106 valence electrons. The Kier molecular flexibility index (Phi) is 3.98. The van der Waals surface area contributed by atoms with E-state index in [4.69, 9.17) is 5.73 Å². The molecule has 2 nitrogen and oxygen atoms in total. The van der Waals surface area contributed by atoms with Gasteiger partial charge in [-0.2, -0.15) is 0 Å². The van der Waals surface area contributed by atoms with E-state index in [0.717, 1.165) is 24.9 Å². The Bertz CT molecular complexity index is 444. The Morgan fingerprint density at radius 1 is 1.32 bits per heavy atom. The minimum atomic E-state index is -0.167. The molecule has 1 aromatic rings. The van der Waals surface area contributed by atoms with Crippen LogP contribution in [0.5, 0.6) is 0 Å². The molecular formula is C16H25FN2. The van der Waals surface area contributed by atoms with E-state index in [1.807, 2.05) is 6.07 Å². The largest absolute Gasteiger partial charge is 0.329 e. The van der Waals surface area contributed by atoms with Crippen molar-refractivity contribution in [2.24, 2.45) is 11.1 Å². The van der Waals surface area contributed by atoms with E-state index >= 15 is 0 Å². The summed E-state index contributed by atoms with van der Waals surface area (Å²) in [6.45, 7) is 6.04. The van der Waals surface area contributed by atoms with Crippen LogP contribution in [0.4, 0.5) is 4.39 Å². The second-order valence-corrected chi connectivity index (χ2v) is 6.76. The fraction of sp³-hybridized carbons (Fsp3) is 0.625. The van der Waals surface area contributed by atoms with E-state index in [2.05, 4.69) is 25.8 Å². The highest BCUT2D eigenvalue weighted by Gasteiger charge is 2.44. The van der Waals surface area contributed by atoms with Crippen molar-refractivity contribution in [1.29, 1.82) is 0 Å². The van der Waals surface area contributed by atoms with Gasteiger partial charge in [0, 0.05) is 18.6 Å². The number of hydrogen-bond donors (Lipinski definition) is 1. The van der Waals surface area contributed by atoms with E-state index in [-0.39, 0.29) is 11.4 Å². The quantitative estimate of drug-likeness (QED) is 0.905. The van der Waals surface area contributed by atoms with Gasteiger partial charge in [-0.1, -0.05) is 26.0 Å². The molecule has 0 aromatic heterocycles. The third-order valence-corrected chi connectivity index (χ3v) is 4.57. The molecule has 1 aromatic carbocycles. The standard InChI is InChI=1S/C16H25FN2/c1-15(2)7-8-16(11-15,12-18)19(3)10-13-5-4-6-14(17)9-13/h4-6,9H,7-8,10-12,18H2,1-3H3. The van der Waals surface area contributed by atoms with Gasteiger partial charge in [0.05, 0.1) is 0 Å². The first-order valence-corrected chi connectivity index (χ1v) is 7.03. The lowest BCUT2D eigenvalue weighted by Crippen LogP contribution is -2.50. The van der Waals surface area contributed by atoms with E-state index in [0.29, 0.717) is 12.0 Å². The van der Waals surface area contributed by atoms with Crippen LogP contribution < -0.4 is 5.73 Å². The van der Waals surface area contributed by atoms with Crippen molar-refractivity contribution in [2.75, 3.05) is 13.6 Å². The SMILES string of the molecule is CN(Cc1cccc(F)c1)C1(CN)CCC(C)(C)C1. The zero-order valence-corrected chi connectivity index (χ0v) is 12.2. The van der Waals surface area contributed by atoms with Crippen molar-refractivity contribution in [3.63, 3.8) is 0 Å². The second kappa shape index (κ2) is 5.22. The van der Waals surface area contributed by atoms with Crippen LogP contribution in [0.25, 0.3) is 0 Å². The topological polar surface area (TPSA) is 29.3 Å². The van der Waals surface area contributed by atoms with Crippen molar-refractivity contribution < 1.29 is 4.39 Å². The lowest BCUT2D eigenvalue weighted by molar-refractivity contribution is 0.111. The predicted octanol–water partition coefficient (Wildman–Crippen LogP) is 3.17. The lowest BCUT2D eigenvalue weighted by atomic mass is 9.86. The summed E-state index contributed by atoms with van der Waals surface area (Å²) in [4.78, 5) is 2.32. The van der Waals surface area contributed by atoms with Gasteiger partial charge >= 0.3 is 0 Å². The molecule has 2 N–H and O–H groups in total. The summed E-state index contributed by atoms with van der Waals surface area (Å²) in [5.74, 6) is -0.167. The van der Waals surface area contributed by atoms with Crippen molar-refractivity contribution >= 4 is 0 Å². The van der Waals surface area contributed by atoms with Crippen LogP contribution in [-0.2, 0) is 6.54 Å². The number of hydrogen-bond acceptors (Lipinski definition) is 2. The molecule has 1 unspecified atom stereocenters. The molecule has 3 heteroatoms. The van der Waals surface area contributed by atoms with Gasteiger partial charge in [-0.05, 0) is 49.4 Å². The highest BCUT2D eigenvalue weighted by molar-refractivity contribution is 5.17. The second-order valence-electron chi connectivity index (χ2n) is 6.76. The van der Waals surface area contributed by atoms with Crippen molar-refractivity contribution in [2.45, 2.75) is 45.2 Å². The van der Waals surface area contributed by atoms with Gasteiger partial charge in [-0.3, -0.25) is 4.90 Å². The molecule has 0 heterocycles. The molecule has 0 radical (unpaired) electrons. The van der Waals surface area contributed by atoms with Crippen LogP contribution in [0, 0.1) is 11.2 Å². The van der Waals surface area contributed by atoms with Crippen LogP contribution in [0.2, 0.25) is 0 Å². The number of nitrogens with zero attached hydrogens (tertiary/aromatic N) is 1. The van der Waals surface area contributed by atoms with Crippen molar-refractivity contribution in [1.82, 2.24) is 4.90 Å². The fourth-order valence-electron chi connectivity index (χ4n) is 3.37. The molecule has 19 heavy (non-hydrogen) atoms. The third kappa shape index (κ3) is 3.15. The Hall–Kier alpha value is -0.930. The van der Waals surface area contributed by atoms with Gasteiger partial charge in [0.25, 0.3) is 0 Å². The van der Waals surface area contributed by atoms with E-state index in [9.17, 15) is 4.39 Å². The van der Waals surface area contributed by atoms with E-state index in [1.54, 1.807) is 12.1 Å². The summed E-state index contributed by atoms with van der Waals surface area (Å²) in [7, 11) is 2.11. The maximum Gasteiger partial charge on any atom is 0.123 e. The Labute approximate surface area is 115 Å². The summed E-state index contributed by atoms with van der Waals surface area (Å²) in [5, 5.41) is 0. The van der Waals surface area contributed by atoms with Gasteiger partial charge in [-0.25, -0.2) is 4.39 Å². The first kappa shape index (κ1) is 14.5. The van der Waals surface area contributed by atoms with Crippen LogP contribution in [0.3, 0.4) is 0 Å². The van der Waals surface area contributed by atoms with E-state index in [1.165, 1.54) is 12.5 Å². The number of halogens is 1. The van der Waals surface area contributed by atoms with Gasteiger partial charge in [-0.15, -0.1) is 0 Å². The summed E-state index contributed by atoms with van der Waals surface area (Å²) in [6.07, 6.45) is 3.45. The number of likely N-dealkylation sites (N-methyl/N-ethyl adjacent to an activating group) is 1. The summed E-state index contributed by atoms with van der Waals surface area (Å²) >= 11 is 0. The normalized spacial score (nSPS) is 26.0. The molecule has 1 aliphatic carbocycles. The molecule has 1 aliphatic rings. The van der Waals surface area contributed by atoms with Crippen LogP contribution >= 0.6 is 0 Å². The van der Waals surface area contributed by atoms with Crippen LogP contribution in [0.15, 0.2) is 24.3 Å². The van der Waals surface area contributed by atoms with Gasteiger partial charge < -0.3 is 5.73 Å². The first-order valence-electron chi connectivity index (χ1n) is 7.03. The molecular weight excluding hydrogens is 239 g/mol. The molecule has 0 bridgehead atoms. The lowest BCUT2D eigenvalue weighted by Gasteiger charge is -2.39. The zero-order valence-electron chi connectivity index (χ0n) is 12.2. The Balaban J connectivity index is 2.12. The molecule has 0 spiro atoms. The van der Waals surface area contributed by atoms with Crippen molar-refractivity contribution in [3.8, 4) is 0 Å². The summed E-state index contributed by atoms with van der Waals surface area (Å²) in [5.41, 5.74) is 7.49. The maximum absolute atomic E-state index is 13.3. The maximum atomic E-state index is 13.3. The fourth-order valence-corrected chi connectivity index (χ4v) is 3.37. The van der Waals surface area contributed by atoms with Gasteiger partial charge in [0.1, 0.15) is 5.82 Å². The summed E-state index contributed by atoms with van der Waals surface area (Å²) in [6, 6.07) is 6.85. The Morgan fingerprint density at radius 2 is 2.05 bits per heavy atom. The number of benzene rings is 1. The average molecular weight is 264 g/mol. The monoisotopic (exact) mass is 264 g/mol. The van der Waals surface area contributed by atoms with Crippen molar-refractivity contribution in [3.05, 3.63) is 35.6 Å². The summed E-state index contributed by atoms with van der Waals surface area (Å²) < 4.78 is 13.3. The first-order chi connectivity index (χ1) is 8.87. The third-order valence-electron chi connectivity index (χ3n) is 4.57. The highest BCUT2D eigenvalue weighted by atomic mass is 19.1. The molecule has 1 atom stereocenters. The molecule has 1 fully saturated rings. The minimum absolute atomic E-state index is 0.0653.